The second-order valence-corrected chi connectivity index (χ2v) is 5.90. The van der Waals surface area contributed by atoms with Crippen LogP contribution in [-0.4, -0.2) is 62.2 Å². The summed E-state index contributed by atoms with van der Waals surface area (Å²) >= 11 is 0. The van der Waals surface area contributed by atoms with E-state index >= 15 is 0 Å². The van der Waals surface area contributed by atoms with Crippen LogP contribution in [0.1, 0.15) is 52.9 Å². The SMILES string of the molecule is CCCCOCCCN=C(NCC)NC1CCN(C(=O)CC)C1. The molecule has 1 aliphatic rings. The van der Waals surface area contributed by atoms with Crippen molar-refractivity contribution < 1.29 is 9.53 Å². The van der Waals surface area contributed by atoms with Crippen molar-refractivity contribution in [3.63, 3.8) is 0 Å². The van der Waals surface area contributed by atoms with Gasteiger partial charge in [0.05, 0.1) is 0 Å². The lowest BCUT2D eigenvalue weighted by atomic mass is 10.3. The molecular weight excluding hydrogens is 292 g/mol. The molecule has 0 saturated carbocycles. The summed E-state index contributed by atoms with van der Waals surface area (Å²) in [5.74, 6) is 1.08. The number of guanidine groups is 1. The van der Waals surface area contributed by atoms with Crippen LogP contribution in [0.15, 0.2) is 4.99 Å². The van der Waals surface area contributed by atoms with Gasteiger partial charge in [0.25, 0.3) is 0 Å². The number of nitrogens with zero attached hydrogens (tertiary/aromatic N) is 2. The summed E-state index contributed by atoms with van der Waals surface area (Å²) in [5, 5.41) is 6.71. The van der Waals surface area contributed by atoms with Crippen LogP contribution in [0.2, 0.25) is 0 Å². The molecule has 23 heavy (non-hydrogen) atoms. The highest BCUT2D eigenvalue weighted by atomic mass is 16.5. The van der Waals surface area contributed by atoms with Crippen molar-refractivity contribution >= 4 is 11.9 Å². The Morgan fingerprint density at radius 3 is 2.74 bits per heavy atom. The average Bonchev–Trinajstić information content (AvgIpc) is 3.02. The van der Waals surface area contributed by atoms with Gasteiger partial charge in [-0.3, -0.25) is 9.79 Å². The van der Waals surface area contributed by atoms with Gasteiger partial charge in [0.15, 0.2) is 5.96 Å². The Kier molecular flexibility index (Phi) is 10.4. The van der Waals surface area contributed by atoms with Crippen molar-refractivity contribution in [2.75, 3.05) is 39.4 Å². The summed E-state index contributed by atoms with van der Waals surface area (Å²) in [7, 11) is 0. The lowest BCUT2D eigenvalue weighted by molar-refractivity contribution is -0.129. The van der Waals surface area contributed by atoms with Crippen LogP contribution < -0.4 is 10.6 Å². The molecule has 1 amide bonds. The van der Waals surface area contributed by atoms with Crippen LogP contribution >= 0.6 is 0 Å². The normalized spacial score (nSPS) is 18.3. The summed E-state index contributed by atoms with van der Waals surface area (Å²) in [6.45, 7) is 11.0. The number of ether oxygens (including phenoxy) is 1. The molecule has 0 radical (unpaired) electrons. The van der Waals surface area contributed by atoms with Crippen molar-refractivity contribution in [3.8, 4) is 0 Å². The number of hydrogen-bond acceptors (Lipinski definition) is 3. The van der Waals surface area contributed by atoms with Crippen LogP contribution in [-0.2, 0) is 9.53 Å². The molecule has 1 rings (SSSR count). The fourth-order valence-corrected chi connectivity index (χ4v) is 2.55. The van der Waals surface area contributed by atoms with Crippen LogP contribution in [0.4, 0.5) is 0 Å². The molecule has 0 aliphatic carbocycles. The molecule has 0 aromatic rings. The second-order valence-electron chi connectivity index (χ2n) is 5.90. The molecule has 134 valence electrons. The molecule has 1 aliphatic heterocycles. The Morgan fingerprint density at radius 1 is 1.26 bits per heavy atom. The number of carbonyl (C=O) groups is 1. The van der Waals surface area contributed by atoms with Gasteiger partial charge in [-0.2, -0.15) is 0 Å². The van der Waals surface area contributed by atoms with Crippen LogP contribution in [0, 0.1) is 0 Å². The van der Waals surface area contributed by atoms with Crippen molar-refractivity contribution in [2.45, 2.75) is 58.9 Å². The number of rotatable bonds is 10. The number of aliphatic imine (C=N–C) groups is 1. The maximum Gasteiger partial charge on any atom is 0.222 e. The molecule has 2 N–H and O–H groups in total. The van der Waals surface area contributed by atoms with Crippen molar-refractivity contribution in [2.24, 2.45) is 4.99 Å². The van der Waals surface area contributed by atoms with E-state index in [1.165, 1.54) is 6.42 Å². The Balaban J connectivity index is 2.28. The van der Waals surface area contributed by atoms with E-state index in [0.717, 1.165) is 64.6 Å². The monoisotopic (exact) mass is 326 g/mol. The molecule has 1 heterocycles. The van der Waals surface area contributed by atoms with E-state index < -0.39 is 0 Å². The van der Waals surface area contributed by atoms with Gasteiger partial charge >= 0.3 is 0 Å². The summed E-state index contributed by atoms with van der Waals surface area (Å²) in [4.78, 5) is 18.3. The van der Waals surface area contributed by atoms with E-state index in [1.54, 1.807) is 0 Å². The molecule has 6 heteroatoms. The molecular formula is C17H34N4O2. The predicted molar refractivity (Wildman–Crippen MR) is 94.7 cm³/mol. The lowest BCUT2D eigenvalue weighted by Gasteiger charge is -2.18. The molecule has 0 bridgehead atoms. The summed E-state index contributed by atoms with van der Waals surface area (Å²) in [5.41, 5.74) is 0. The molecule has 0 aromatic carbocycles. The smallest absolute Gasteiger partial charge is 0.222 e. The number of hydrogen-bond donors (Lipinski definition) is 2. The average molecular weight is 326 g/mol. The zero-order valence-corrected chi connectivity index (χ0v) is 15.1. The third-order valence-electron chi connectivity index (χ3n) is 3.89. The maximum absolute atomic E-state index is 11.7. The van der Waals surface area contributed by atoms with E-state index in [1.807, 2.05) is 11.8 Å². The van der Waals surface area contributed by atoms with E-state index in [2.05, 4.69) is 29.5 Å². The maximum atomic E-state index is 11.7. The summed E-state index contributed by atoms with van der Waals surface area (Å²) < 4.78 is 5.55. The van der Waals surface area contributed by atoms with E-state index in [9.17, 15) is 4.79 Å². The summed E-state index contributed by atoms with van der Waals surface area (Å²) in [6.07, 6.45) is 4.80. The first-order valence-electron chi connectivity index (χ1n) is 9.11. The molecule has 0 spiro atoms. The van der Waals surface area contributed by atoms with E-state index in [-0.39, 0.29) is 5.91 Å². The van der Waals surface area contributed by atoms with Crippen LogP contribution in [0.25, 0.3) is 0 Å². The third-order valence-corrected chi connectivity index (χ3v) is 3.89. The molecule has 6 nitrogen and oxygen atoms in total. The van der Waals surface area contributed by atoms with Gasteiger partial charge in [0.2, 0.25) is 5.91 Å². The van der Waals surface area contributed by atoms with Gasteiger partial charge in [-0.15, -0.1) is 0 Å². The Bertz CT molecular complexity index is 361. The zero-order valence-electron chi connectivity index (χ0n) is 15.1. The number of amides is 1. The van der Waals surface area contributed by atoms with Gasteiger partial charge < -0.3 is 20.3 Å². The third kappa shape index (κ3) is 8.21. The Hall–Kier alpha value is -1.30. The number of carbonyl (C=O) groups excluding carboxylic acids is 1. The molecule has 1 unspecified atom stereocenters. The van der Waals surface area contributed by atoms with Gasteiger partial charge in [-0.25, -0.2) is 0 Å². The first kappa shape index (κ1) is 19.7. The van der Waals surface area contributed by atoms with Gasteiger partial charge in [0, 0.05) is 51.9 Å². The first-order chi connectivity index (χ1) is 11.2. The predicted octanol–water partition coefficient (Wildman–Crippen LogP) is 1.76. The lowest BCUT2D eigenvalue weighted by Crippen LogP contribution is -2.45. The van der Waals surface area contributed by atoms with Gasteiger partial charge in [-0.1, -0.05) is 20.3 Å². The molecule has 1 fully saturated rings. The summed E-state index contributed by atoms with van der Waals surface area (Å²) in [6, 6.07) is 0.295. The van der Waals surface area contributed by atoms with E-state index in [0.29, 0.717) is 12.5 Å². The molecule has 0 aromatic heterocycles. The largest absolute Gasteiger partial charge is 0.381 e. The Morgan fingerprint density at radius 2 is 2.04 bits per heavy atom. The number of likely N-dealkylation sites (tertiary alicyclic amines) is 1. The van der Waals surface area contributed by atoms with Crippen molar-refractivity contribution in [1.82, 2.24) is 15.5 Å². The fraction of sp³-hybridized carbons (Fsp3) is 0.882. The topological polar surface area (TPSA) is 66.0 Å². The first-order valence-corrected chi connectivity index (χ1v) is 9.11. The van der Waals surface area contributed by atoms with Crippen LogP contribution in [0.5, 0.6) is 0 Å². The molecule has 1 atom stereocenters. The van der Waals surface area contributed by atoms with Gasteiger partial charge in [-0.05, 0) is 26.2 Å². The van der Waals surface area contributed by atoms with Crippen LogP contribution in [0.3, 0.4) is 0 Å². The number of nitrogens with one attached hydrogen (secondary N) is 2. The highest BCUT2D eigenvalue weighted by Crippen LogP contribution is 2.10. The highest BCUT2D eigenvalue weighted by molar-refractivity contribution is 5.80. The minimum Gasteiger partial charge on any atom is -0.381 e. The van der Waals surface area contributed by atoms with Gasteiger partial charge in [0.1, 0.15) is 0 Å². The standard InChI is InChI=1S/C17H34N4O2/c1-4-7-12-23-13-8-10-19-17(18-6-3)20-15-9-11-21(14-15)16(22)5-2/h15H,4-14H2,1-3H3,(H2,18,19,20). The second kappa shape index (κ2) is 12.2. The number of unbranched alkanes of at least 4 members (excludes halogenated alkanes) is 1. The fourth-order valence-electron chi connectivity index (χ4n) is 2.55. The molecule has 1 saturated heterocycles. The van der Waals surface area contributed by atoms with Crippen molar-refractivity contribution in [3.05, 3.63) is 0 Å². The Labute approximate surface area is 141 Å². The highest BCUT2D eigenvalue weighted by Gasteiger charge is 2.25. The zero-order chi connectivity index (χ0) is 16.9. The van der Waals surface area contributed by atoms with E-state index in [4.69, 9.17) is 4.74 Å². The quantitative estimate of drug-likeness (QED) is 0.365. The minimum absolute atomic E-state index is 0.237. The van der Waals surface area contributed by atoms with Crippen molar-refractivity contribution in [1.29, 1.82) is 0 Å². The minimum atomic E-state index is 0.237.